The Bertz CT molecular complexity index is 1200. The van der Waals surface area contributed by atoms with Crippen molar-refractivity contribution in [3.63, 3.8) is 0 Å². The summed E-state index contributed by atoms with van der Waals surface area (Å²) in [6.45, 7) is 9.00. The van der Waals surface area contributed by atoms with Crippen LogP contribution in [0.3, 0.4) is 0 Å². The number of phenols is 2. The molecule has 0 saturated carbocycles. The molecule has 3 N–H and O–H groups in total. The van der Waals surface area contributed by atoms with Crippen LogP contribution in [0, 0.1) is 6.92 Å². The van der Waals surface area contributed by atoms with E-state index in [1.165, 1.54) is 0 Å². The Hall–Kier alpha value is -2.89. The van der Waals surface area contributed by atoms with Crippen LogP contribution in [-0.4, -0.2) is 49.9 Å². The predicted octanol–water partition coefficient (Wildman–Crippen LogP) is 3.61. The summed E-state index contributed by atoms with van der Waals surface area (Å²) in [5.41, 5.74) is 2.55. The number of aliphatic hydroxyl groups is 1. The van der Waals surface area contributed by atoms with E-state index >= 15 is 0 Å². The van der Waals surface area contributed by atoms with Crippen LogP contribution in [-0.2, 0) is 18.3 Å². The normalized spacial score (nSPS) is 27.4. The summed E-state index contributed by atoms with van der Waals surface area (Å²) in [4.78, 5) is 7.18. The van der Waals surface area contributed by atoms with Crippen molar-refractivity contribution < 1.29 is 15.3 Å². The number of benzene rings is 2. The number of fused-ring (bicyclic) bond motifs is 5. The number of likely N-dealkylation sites (tertiary alicyclic amines) is 1. The predicted molar refractivity (Wildman–Crippen MR) is 122 cm³/mol. The van der Waals surface area contributed by atoms with Crippen molar-refractivity contribution in [2.45, 2.75) is 43.7 Å². The number of aryl methyl sites for hydroxylation is 1. The number of hydrogen-bond acceptors (Lipinski definition) is 5. The molecule has 1 aliphatic carbocycles. The first kappa shape index (κ1) is 20.0. The average Bonchev–Trinajstić information content (AvgIpc) is 2.85. The van der Waals surface area contributed by atoms with Gasteiger partial charge in [0.1, 0.15) is 0 Å². The van der Waals surface area contributed by atoms with E-state index in [2.05, 4.69) is 17.5 Å². The second-order valence-electron chi connectivity index (χ2n) is 9.26. The van der Waals surface area contributed by atoms with E-state index < -0.39 is 11.0 Å². The van der Waals surface area contributed by atoms with Crippen molar-refractivity contribution in [1.29, 1.82) is 0 Å². The Morgan fingerprint density at radius 3 is 2.77 bits per heavy atom. The Kier molecular flexibility index (Phi) is 4.40. The van der Waals surface area contributed by atoms with E-state index in [-0.39, 0.29) is 17.5 Å². The average molecular weight is 417 g/mol. The fourth-order valence-corrected chi connectivity index (χ4v) is 5.89. The lowest BCUT2D eigenvalue weighted by Crippen LogP contribution is -2.57. The number of nitrogens with zero attached hydrogens (tertiary/aromatic N) is 2. The molecule has 2 bridgehead atoms. The van der Waals surface area contributed by atoms with Crippen LogP contribution in [0.4, 0.5) is 0 Å². The monoisotopic (exact) mass is 416 g/mol. The summed E-state index contributed by atoms with van der Waals surface area (Å²) >= 11 is 0. The lowest BCUT2D eigenvalue weighted by molar-refractivity contribution is -0.0316. The molecule has 0 spiro atoms. The first-order valence-electron chi connectivity index (χ1n) is 10.8. The third-order valence-electron chi connectivity index (χ3n) is 7.52. The molecule has 0 amide bonds. The molecule has 2 heterocycles. The maximum Gasteiger partial charge on any atom is 0.161 e. The van der Waals surface area contributed by atoms with Crippen LogP contribution >= 0.6 is 0 Å². The summed E-state index contributed by atoms with van der Waals surface area (Å²) in [6.07, 6.45) is 2.92. The number of para-hydroxylation sites is 1. The molecule has 3 atom stereocenters. The van der Waals surface area contributed by atoms with Crippen molar-refractivity contribution in [2.24, 2.45) is 0 Å². The molecule has 2 aliphatic rings. The van der Waals surface area contributed by atoms with E-state index in [1.54, 1.807) is 6.07 Å². The zero-order valence-corrected chi connectivity index (χ0v) is 18.0. The summed E-state index contributed by atoms with van der Waals surface area (Å²) in [5.74, 6) is -0.284. The van der Waals surface area contributed by atoms with Gasteiger partial charge in [-0.1, -0.05) is 30.3 Å². The molecule has 31 heavy (non-hydrogen) atoms. The van der Waals surface area contributed by atoms with Crippen molar-refractivity contribution in [2.75, 3.05) is 13.1 Å². The van der Waals surface area contributed by atoms with E-state index in [4.69, 9.17) is 4.98 Å². The van der Waals surface area contributed by atoms with Gasteiger partial charge in [-0.3, -0.25) is 9.88 Å². The lowest BCUT2D eigenvalue weighted by atomic mass is 9.59. The fraction of sp³-hybridized carbons (Fsp3) is 0.346. The van der Waals surface area contributed by atoms with Crippen LogP contribution in [0.25, 0.3) is 10.9 Å². The number of aromatic nitrogens is 1. The standard InChI is InChI=1S/C26H28N2O3/c1-4-11-28-15-26(14-20-16(2)12-17-7-5-6-8-19(17)27-20)23-18(9-10-21(29)24(23)30)13-22(28)25(26,3)31/h4-10,12,22,29-31H,1,11,13-15H2,2-3H3. The number of rotatable bonds is 4. The molecule has 1 aromatic heterocycles. The van der Waals surface area contributed by atoms with Crippen molar-refractivity contribution in [3.8, 4) is 11.5 Å². The van der Waals surface area contributed by atoms with E-state index in [1.807, 2.05) is 50.3 Å². The van der Waals surface area contributed by atoms with Crippen molar-refractivity contribution in [1.82, 2.24) is 9.88 Å². The van der Waals surface area contributed by atoms with Crippen molar-refractivity contribution >= 4 is 10.9 Å². The highest BCUT2D eigenvalue weighted by atomic mass is 16.3. The Balaban J connectivity index is 1.74. The summed E-state index contributed by atoms with van der Waals surface area (Å²) in [7, 11) is 0. The number of pyridine rings is 1. The minimum atomic E-state index is -1.12. The third kappa shape index (κ3) is 2.73. The van der Waals surface area contributed by atoms with Gasteiger partial charge in [-0.2, -0.15) is 0 Å². The van der Waals surface area contributed by atoms with Crippen LogP contribution in [0.1, 0.15) is 29.3 Å². The first-order chi connectivity index (χ1) is 14.8. The van der Waals surface area contributed by atoms with Crippen LogP contribution < -0.4 is 0 Å². The zero-order valence-electron chi connectivity index (χ0n) is 18.0. The molecule has 2 aromatic carbocycles. The SMILES string of the molecule is C=CCN1CC2(Cc3nc4ccccc4cc3C)c3c(ccc(O)c3O)CC1C2(C)O. The maximum absolute atomic E-state index is 12.0. The molecule has 1 saturated heterocycles. The minimum Gasteiger partial charge on any atom is -0.504 e. The highest BCUT2D eigenvalue weighted by Crippen LogP contribution is 2.57. The second kappa shape index (κ2) is 6.81. The quantitative estimate of drug-likeness (QED) is 0.447. The van der Waals surface area contributed by atoms with E-state index in [0.717, 1.165) is 27.7 Å². The molecule has 3 unspecified atom stereocenters. The van der Waals surface area contributed by atoms with Gasteiger partial charge in [-0.15, -0.1) is 6.58 Å². The third-order valence-corrected chi connectivity index (χ3v) is 7.52. The van der Waals surface area contributed by atoms with Crippen LogP contribution in [0.5, 0.6) is 11.5 Å². The number of phenolic OH excluding ortho intramolecular Hbond substituents is 2. The highest BCUT2D eigenvalue weighted by molar-refractivity contribution is 5.79. The van der Waals surface area contributed by atoms with Gasteiger partial charge in [0.25, 0.3) is 0 Å². The van der Waals surface area contributed by atoms with Gasteiger partial charge in [0.15, 0.2) is 11.5 Å². The maximum atomic E-state index is 12.0. The first-order valence-corrected chi connectivity index (χ1v) is 10.8. The zero-order chi connectivity index (χ0) is 22.0. The highest BCUT2D eigenvalue weighted by Gasteiger charge is 2.64. The Morgan fingerprint density at radius 1 is 1.23 bits per heavy atom. The smallest absolute Gasteiger partial charge is 0.161 e. The van der Waals surface area contributed by atoms with E-state index in [0.29, 0.717) is 31.5 Å². The topological polar surface area (TPSA) is 76.8 Å². The van der Waals surface area contributed by atoms with Gasteiger partial charge in [0.2, 0.25) is 0 Å². The molecule has 1 aliphatic heterocycles. The summed E-state index contributed by atoms with van der Waals surface area (Å²) in [6, 6.07) is 13.4. The van der Waals surface area contributed by atoms with Gasteiger partial charge in [-0.25, -0.2) is 0 Å². The molecule has 5 heteroatoms. The van der Waals surface area contributed by atoms with Crippen LogP contribution in [0.15, 0.2) is 55.1 Å². The molecule has 5 rings (SSSR count). The van der Waals surface area contributed by atoms with Crippen molar-refractivity contribution in [3.05, 3.63) is 77.5 Å². The fourth-order valence-electron chi connectivity index (χ4n) is 5.89. The lowest BCUT2D eigenvalue weighted by Gasteiger charge is -2.47. The Labute approximate surface area is 182 Å². The largest absolute Gasteiger partial charge is 0.504 e. The summed E-state index contributed by atoms with van der Waals surface area (Å²) in [5, 5.41) is 34.3. The molecule has 3 aromatic rings. The second-order valence-corrected chi connectivity index (χ2v) is 9.26. The van der Waals surface area contributed by atoms with Gasteiger partial charge in [0.05, 0.1) is 11.1 Å². The number of hydrogen-bond donors (Lipinski definition) is 3. The van der Waals surface area contributed by atoms with Gasteiger partial charge < -0.3 is 15.3 Å². The summed E-state index contributed by atoms with van der Waals surface area (Å²) < 4.78 is 0. The molecule has 5 nitrogen and oxygen atoms in total. The molecule has 1 fully saturated rings. The minimum absolute atomic E-state index is 0.109. The molecular weight excluding hydrogens is 388 g/mol. The van der Waals surface area contributed by atoms with Gasteiger partial charge in [-0.05, 0) is 49.6 Å². The van der Waals surface area contributed by atoms with Gasteiger partial charge in [0, 0.05) is 47.6 Å². The Morgan fingerprint density at radius 2 is 2.00 bits per heavy atom. The molecule has 160 valence electrons. The molecular formula is C26H28N2O3. The van der Waals surface area contributed by atoms with Gasteiger partial charge >= 0.3 is 0 Å². The van der Waals surface area contributed by atoms with E-state index in [9.17, 15) is 15.3 Å². The number of aromatic hydroxyl groups is 2. The van der Waals surface area contributed by atoms with Crippen LogP contribution in [0.2, 0.25) is 0 Å². The molecule has 0 radical (unpaired) electrons.